The molecule has 0 spiro atoms. The number of fused-ring (bicyclic) bond motifs is 1. The van der Waals surface area contributed by atoms with E-state index in [0.717, 1.165) is 5.75 Å². The summed E-state index contributed by atoms with van der Waals surface area (Å²) in [6.07, 6.45) is 0. The van der Waals surface area contributed by atoms with E-state index in [9.17, 15) is 0 Å². The van der Waals surface area contributed by atoms with E-state index in [0.29, 0.717) is 5.92 Å². The number of hydrogen-bond acceptors (Lipinski definition) is 2. The molecule has 0 bridgehead atoms. The van der Waals surface area contributed by atoms with E-state index >= 15 is 0 Å². The molecule has 2 aromatic rings. The molecule has 118 valence electrons. The van der Waals surface area contributed by atoms with Crippen LogP contribution in [0.4, 0.5) is 0 Å². The smallest absolute Gasteiger partial charge is 0.0592 e. The van der Waals surface area contributed by atoms with Gasteiger partial charge in [-0.3, -0.25) is 5.32 Å². The van der Waals surface area contributed by atoms with Crippen LogP contribution in [0.3, 0.4) is 0 Å². The van der Waals surface area contributed by atoms with Crippen LogP contribution in [0.2, 0.25) is 0 Å². The molecule has 0 radical (unpaired) electrons. The zero-order valence-electron chi connectivity index (χ0n) is 13.4. The first kappa shape index (κ1) is 17.4. The fourth-order valence-electron chi connectivity index (χ4n) is 2.77. The minimum absolute atomic E-state index is 0. The van der Waals surface area contributed by atoms with Crippen molar-refractivity contribution >= 4 is 24.2 Å². The Bertz CT molecular complexity index is 614. The third-order valence-electron chi connectivity index (χ3n) is 4.64. The summed E-state index contributed by atoms with van der Waals surface area (Å²) in [6.45, 7) is 6.98. The molecule has 22 heavy (non-hydrogen) atoms. The van der Waals surface area contributed by atoms with Gasteiger partial charge in [0.15, 0.2) is 0 Å². The molecule has 3 rings (SSSR count). The molecule has 0 amide bonds. The van der Waals surface area contributed by atoms with Gasteiger partial charge < -0.3 is 0 Å². The average molecular weight is 334 g/mol. The van der Waals surface area contributed by atoms with E-state index in [-0.39, 0.29) is 24.0 Å². The predicted octanol–water partition coefficient (Wildman–Crippen LogP) is 5.31. The maximum Gasteiger partial charge on any atom is 0.0592 e. The minimum Gasteiger partial charge on any atom is -0.300 e. The summed E-state index contributed by atoms with van der Waals surface area (Å²) < 4.78 is 0. The quantitative estimate of drug-likeness (QED) is 0.799. The fourth-order valence-corrected chi connectivity index (χ4v) is 4.17. The van der Waals surface area contributed by atoms with Crippen molar-refractivity contribution in [3.8, 4) is 0 Å². The molecule has 0 fully saturated rings. The van der Waals surface area contributed by atoms with Gasteiger partial charge in [-0.2, -0.15) is 0 Å². The molecule has 0 aromatic heterocycles. The van der Waals surface area contributed by atoms with E-state index in [1.807, 2.05) is 11.8 Å². The molecular formula is C19H24ClNS. The van der Waals surface area contributed by atoms with Crippen LogP contribution in [0.15, 0.2) is 59.5 Å². The lowest BCUT2D eigenvalue weighted by Crippen LogP contribution is -2.50. The van der Waals surface area contributed by atoms with Crippen molar-refractivity contribution in [3.05, 3.63) is 65.7 Å². The highest BCUT2D eigenvalue weighted by Gasteiger charge is 2.35. The predicted molar refractivity (Wildman–Crippen MR) is 99.1 cm³/mol. The number of nitrogens with one attached hydrogen (secondary N) is 1. The number of thioether (sulfide) groups is 1. The third-order valence-corrected chi connectivity index (χ3v) is 6.07. The van der Waals surface area contributed by atoms with Crippen molar-refractivity contribution in [1.82, 2.24) is 5.32 Å². The second kappa shape index (κ2) is 7.08. The van der Waals surface area contributed by atoms with Crippen molar-refractivity contribution < 1.29 is 0 Å². The Hall–Kier alpha value is -0.960. The average Bonchev–Trinajstić information content (AvgIpc) is 2.67. The van der Waals surface area contributed by atoms with Crippen LogP contribution in [0, 0.1) is 5.92 Å². The Morgan fingerprint density at radius 2 is 1.68 bits per heavy atom. The van der Waals surface area contributed by atoms with Crippen LogP contribution < -0.4 is 5.32 Å². The Labute approximate surface area is 144 Å². The molecule has 2 unspecified atom stereocenters. The Morgan fingerprint density at radius 3 is 2.36 bits per heavy atom. The van der Waals surface area contributed by atoms with Crippen molar-refractivity contribution in [1.29, 1.82) is 0 Å². The van der Waals surface area contributed by atoms with E-state index in [2.05, 4.69) is 80.7 Å². The van der Waals surface area contributed by atoms with Gasteiger partial charge in [-0.15, -0.1) is 24.2 Å². The maximum atomic E-state index is 3.94. The van der Waals surface area contributed by atoms with E-state index < -0.39 is 0 Å². The van der Waals surface area contributed by atoms with Crippen LogP contribution in [0.25, 0.3) is 0 Å². The second-order valence-corrected chi connectivity index (χ2v) is 7.40. The summed E-state index contributed by atoms with van der Waals surface area (Å²) in [5.74, 6) is 1.69. The van der Waals surface area contributed by atoms with Gasteiger partial charge >= 0.3 is 0 Å². The molecule has 2 atom stereocenters. The molecule has 1 heterocycles. The molecule has 2 aromatic carbocycles. The van der Waals surface area contributed by atoms with Gasteiger partial charge in [0, 0.05) is 16.2 Å². The number of benzene rings is 2. The summed E-state index contributed by atoms with van der Waals surface area (Å²) >= 11 is 1.98. The first-order chi connectivity index (χ1) is 10.1. The van der Waals surface area contributed by atoms with Gasteiger partial charge in [-0.25, -0.2) is 0 Å². The molecule has 1 aliphatic rings. The Balaban J connectivity index is 0.00000176. The van der Waals surface area contributed by atoms with E-state index in [1.54, 1.807) is 0 Å². The van der Waals surface area contributed by atoms with E-state index in [1.165, 1.54) is 16.0 Å². The molecule has 0 aliphatic carbocycles. The normalized spacial score (nSPS) is 24.3. The van der Waals surface area contributed by atoms with Crippen LogP contribution in [-0.4, -0.2) is 11.3 Å². The molecule has 0 saturated carbocycles. The summed E-state index contributed by atoms with van der Waals surface area (Å²) in [6, 6.07) is 19.9. The lowest BCUT2D eigenvalue weighted by Gasteiger charge is -2.36. The van der Waals surface area contributed by atoms with Crippen molar-refractivity contribution in [2.24, 2.45) is 5.92 Å². The van der Waals surface area contributed by atoms with Gasteiger partial charge in [0.25, 0.3) is 0 Å². The summed E-state index contributed by atoms with van der Waals surface area (Å²) in [4.78, 5) is 1.41. The molecule has 3 heteroatoms. The third kappa shape index (κ3) is 3.34. The van der Waals surface area contributed by atoms with Gasteiger partial charge in [-0.05, 0) is 30.0 Å². The standard InChI is InChI=1S/C19H23NS.ClH/c1-14(2)19(3)13-21-17-12-8-7-11-16(17)18(20-19)15-9-5-4-6-10-15;/h4-12,14,18,20H,13H2,1-3H3;1H. The highest BCUT2D eigenvalue weighted by Crippen LogP contribution is 2.39. The highest BCUT2D eigenvalue weighted by molar-refractivity contribution is 7.99. The first-order valence-corrected chi connectivity index (χ1v) is 8.63. The van der Waals surface area contributed by atoms with Crippen LogP contribution >= 0.6 is 24.2 Å². The van der Waals surface area contributed by atoms with Crippen LogP contribution in [0.1, 0.15) is 37.9 Å². The van der Waals surface area contributed by atoms with Crippen molar-refractivity contribution in [2.45, 2.75) is 37.2 Å². The molecule has 1 aliphatic heterocycles. The SMILES string of the molecule is CC(C)C1(C)CSc2ccccc2C(c2ccccc2)N1.Cl. The topological polar surface area (TPSA) is 12.0 Å². The van der Waals surface area contributed by atoms with Crippen molar-refractivity contribution in [2.75, 3.05) is 5.75 Å². The zero-order valence-corrected chi connectivity index (χ0v) is 15.0. The molecule has 0 saturated heterocycles. The lowest BCUT2D eigenvalue weighted by atomic mass is 9.87. The number of halogens is 1. The van der Waals surface area contributed by atoms with Gasteiger partial charge in [-0.1, -0.05) is 62.4 Å². The highest BCUT2D eigenvalue weighted by atomic mass is 35.5. The number of hydrogen-bond donors (Lipinski definition) is 1. The largest absolute Gasteiger partial charge is 0.300 e. The fraction of sp³-hybridized carbons (Fsp3) is 0.368. The van der Waals surface area contributed by atoms with Crippen LogP contribution in [-0.2, 0) is 0 Å². The molecule has 1 N–H and O–H groups in total. The second-order valence-electron chi connectivity index (χ2n) is 6.39. The minimum atomic E-state index is 0. The lowest BCUT2D eigenvalue weighted by molar-refractivity contribution is 0.277. The summed E-state index contributed by atoms with van der Waals surface area (Å²) in [5.41, 5.74) is 2.88. The Morgan fingerprint density at radius 1 is 1.05 bits per heavy atom. The summed E-state index contributed by atoms with van der Waals surface area (Å²) in [7, 11) is 0. The molecule has 1 nitrogen and oxygen atoms in total. The number of rotatable bonds is 2. The Kier molecular flexibility index (Phi) is 5.60. The van der Waals surface area contributed by atoms with Crippen LogP contribution in [0.5, 0.6) is 0 Å². The van der Waals surface area contributed by atoms with Gasteiger partial charge in [0.1, 0.15) is 0 Å². The van der Waals surface area contributed by atoms with Gasteiger partial charge in [0.2, 0.25) is 0 Å². The summed E-state index contributed by atoms with van der Waals surface area (Å²) in [5, 5.41) is 3.94. The molecular weight excluding hydrogens is 310 g/mol. The van der Waals surface area contributed by atoms with Gasteiger partial charge in [0.05, 0.1) is 6.04 Å². The van der Waals surface area contributed by atoms with Crippen molar-refractivity contribution in [3.63, 3.8) is 0 Å². The van der Waals surface area contributed by atoms with E-state index in [4.69, 9.17) is 0 Å². The zero-order chi connectivity index (χ0) is 14.9. The maximum absolute atomic E-state index is 3.94. The monoisotopic (exact) mass is 333 g/mol. The first-order valence-electron chi connectivity index (χ1n) is 7.64.